The van der Waals surface area contributed by atoms with Gasteiger partial charge in [-0.2, -0.15) is 0 Å². The van der Waals surface area contributed by atoms with Crippen molar-refractivity contribution in [1.29, 1.82) is 0 Å². The number of methoxy groups -OCH3 is 1. The summed E-state index contributed by atoms with van der Waals surface area (Å²) in [4.78, 5) is 11.1. The zero-order valence-electron chi connectivity index (χ0n) is 9.46. The molecule has 82 valence electrons. The summed E-state index contributed by atoms with van der Waals surface area (Å²) in [6, 6.07) is 6.06. The van der Waals surface area contributed by atoms with Crippen LogP contribution >= 0.6 is 0 Å². The summed E-state index contributed by atoms with van der Waals surface area (Å²) in [5.74, 6) is 0. The molecule has 3 heteroatoms. The van der Waals surface area contributed by atoms with Gasteiger partial charge in [0, 0.05) is 5.69 Å². The van der Waals surface area contributed by atoms with Crippen molar-refractivity contribution in [2.24, 2.45) is 0 Å². The Hall–Kier alpha value is -1.51. The van der Waals surface area contributed by atoms with Gasteiger partial charge in [0.15, 0.2) is 0 Å². The molecule has 15 heavy (non-hydrogen) atoms. The molecule has 0 unspecified atom stereocenters. The molecule has 0 atom stereocenters. The van der Waals surface area contributed by atoms with Gasteiger partial charge >= 0.3 is 6.09 Å². The fraction of sp³-hybridized carbons (Fsp3) is 0.417. The quantitative estimate of drug-likeness (QED) is 0.827. The molecular formula is C12H17NO2. The maximum atomic E-state index is 11.1. The van der Waals surface area contributed by atoms with Gasteiger partial charge in [0.25, 0.3) is 0 Å². The minimum absolute atomic E-state index is 0.422. The Bertz CT molecular complexity index is 347. The molecule has 0 bridgehead atoms. The normalized spacial score (nSPS) is 9.80. The van der Waals surface area contributed by atoms with Crippen LogP contribution in [0.15, 0.2) is 18.2 Å². The number of aryl methyl sites for hydroxylation is 2. The van der Waals surface area contributed by atoms with E-state index in [2.05, 4.69) is 30.0 Å². The summed E-state index contributed by atoms with van der Waals surface area (Å²) < 4.78 is 4.56. The highest BCUT2D eigenvalue weighted by molar-refractivity contribution is 5.85. The first kappa shape index (κ1) is 11.6. The fourth-order valence-electron chi connectivity index (χ4n) is 1.44. The van der Waals surface area contributed by atoms with E-state index in [9.17, 15) is 4.79 Å². The predicted octanol–water partition coefficient (Wildman–Crippen LogP) is 2.99. The smallest absolute Gasteiger partial charge is 0.411 e. The number of amides is 1. The molecule has 0 radical (unpaired) electrons. The summed E-state index contributed by atoms with van der Waals surface area (Å²) in [5.41, 5.74) is 3.25. The van der Waals surface area contributed by atoms with E-state index < -0.39 is 6.09 Å². The summed E-state index contributed by atoms with van der Waals surface area (Å²) in [6.45, 7) is 4.18. The number of hydrogen-bond acceptors (Lipinski definition) is 2. The van der Waals surface area contributed by atoms with Gasteiger partial charge in [-0.15, -0.1) is 0 Å². The van der Waals surface area contributed by atoms with E-state index in [-0.39, 0.29) is 0 Å². The molecule has 1 aromatic carbocycles. The predicted molar refractivity (Wildman–Crippen MR) is 61.2 cm³/mol. The molecule has 0 saturated heterocycles. The first-order valence-corrected chi connectivity index (χ1v) is 5.18. The standard InChI is InChI=1S/C12H17NO2/c1-4-9-6-7-11(10(5-2)8-9)13-12(14)15-3/h6-8H,4-5H2,1-3H3,(H,13,14). The van der Waals surface area contributed by atoms with E-state index in [0.29, 0.717) is 0 Å². The Kier molecular flexibility index (Phi) is 4.16. The Morgan fingerprint density at radius 1 is 1.33 bits per heavy atom. The topological polar surface area (TPSA) is 38.3 Å². The van der Waals surface area contributed by atoms with Gasteiger partial charge in [0.05, 0.1) is 7.11 Å². The Morgan fingerprint density at radius 3 is 2.60 bits per heavy atom. The van der Waals surface area contributed by atoms with Gasteiger partial charge in [-0.1, -0.05) is 26.0 Å². The van der Waals surface area contributed by atoms with Crippen molar-refractivity contribution in [3.8, 4) is 0 Å². The second kappa shape index (κ2) is 5.39. The molecule has 1 N–H and O–H groups in total. The molecule has 0 aliphatic rings. The van der Waals surface area contributed by atoms with Gasteiger partial charge in [-0.3, -0.25) is 5.32 Å². The van der Waals surface area contributed by atoms with Crippen LogP contribution in [0.3, 0.4) is 0 Å². The second-order valence-corrected chi connectivity index (χ2v) is 3.32. The summed E-state index contributed by atoms with van der Waals surface area (Å²) in [5, 5.41) is 2.70. The molecule has 1 amide bonds. The van der Waals surface area contributed by atoms with Gasteiger partial charge in [0.2, 0.25) is 0 Å². The minimum atomic E-state index is -0.422. The SMILES string of the molecule is CCc1ccc(NC(=O)OC)c(CC)c1. The number of hydrogen-bond donors (Lipinski definition) is 1. The molecule has 0 saturated carbocycles. The molecular weight excluding hydrogens is 190 g/mol. The molecule has 0 fully saturated rings. The number of ether oxygens (including phenoxy) is 1. The van der Waals surface area contributed by atoms with Crippen LogP contribution in [0.4, 0.5) is 10.5 Å². The van der Waals surface area contributed by atoms with Crippen molar-refractivity contribution in [3.63, 3.8) is 0 Å². The van der Waals surface area contributed by atoms with Crippen LogP contribution < -0.4 is 5.32 Å². The van der Waals surface area contributed by atoms with Gasteiger partial charge in [0.1, 0.15) is 0 Å². The fourth-order valence-corrected chi connectivity index (χ4v) is 1.44. The highest BCUT2D eigenvalue weighted by Gasteiger charge is 2.05. The van der Waals surface area contributed by atoms with Crippen LogP contribution in [0.5, 0.6) is 0 Å². The molecule has 0 aliphatic carbocycles. The van der Waals surface area contributed by atoms with Crippen molar-refractivity contribution in [3.05, 3.63) is 29.3 Å². The first-order valence-electron chi connectivity index (χ1n) is 5.18. The Balaban J connectivity index is 2.92. The average Bonchev–Trinajstić information content (AvgIpc) is 2.29. The number of rotatable bonds is 3. The monoisotopic (exact) mass is 207 g/mol. The number of benzene rings is 1. The molecule has 3 nitrogen and oxygen atoms in total. The van der Waals surface area contributed by atoms with E-state index in [0.717, 1.165) is 24.1 Å². The van der Waals surface area contributed by atoms with Crippen LogP contribution in [0.2, 0.25) is 0 Å². The third-order valence-electron chi connectivity index (χ3n) is 2.38. The number of nitrogens with one attached hydrogen (secondary N) is 1. The third kappa shape index (κ3) is 2.98. The molecule has 0 aromatic heterocycles. The molecule has 0 heterocycles. The van der Waals surface area contributed by atoms with Crippen LogP contribution in [-0.4, -0.2) is 13.2 Å². The van der Waals surface area contributed by atoms with Crippen molar-refractivity contribution in [2.45, 2.75) is 26.7 Å². The van der Waals surface area contributed by atoms with Gasteiger partial charge in [-0.05, 0) is 30.0 Å². The van der Waals surface area contributed by atoms with Crippen molar-refractivity contribution in [1.82, 2.24) is 0 Å². The zero-order chi connectivity index (χ0) is 11.3. The maximum Gasteiger partial charge on any atom is 0.411 e. The molecule has 1 rings (SSSR count). The van der Waals surface area contributed by atoms with Crippen LogP contribution in [0.1, 0.15) is 25.0 Å². The summed E-state index contributed by atoms with van der Waals surface area (Å²) >= 11 is 0. The van der Waals surface area contributed by atoms with Crippen molar-refractivity contribution in [2.75, 3.05) is 12.4 Å². The highest BCUT2D eigenvalue weighted by atomic mass is 16.5. The van der Waals surface area contributed by atoms with Crippen LogP contribution in [0, 0.1) is 0 Å². The Labute approximate surface area is 90.4 Å². The average molecular weight is 207 g/mol. The Morgan fingerprint density at radius 2 is 2.07 bits per heavy atom. The van der Waals surface area contributed by atoms with E-state index in [1.165, 1.54) is 12.7 Å². The summed E-state index contributed by atoms with van der Waals surface area (Å²) in [7, 11) is 1.36. The number of carbonyl (C=O) groups is 1. The van der Waals surface area contributed by atoms with Crippen molar-refractivity contribution < 1.29 is 9.53 Å². The first-order chi connectivity index (χ1) is 7.21. The van der Waals surface area contributed by atoms with E-state index in [1.54, 1.807) is 0 Å². The molecule has 0 aliphatic heterocycles. The minimum Gasteiger partial charge on any atom is -0.453 e. The van der Waals surface area contributed by atoms with E-state index in [1.807, 2.05) is 12.1 Å². The molecule has 0 spiro atoms. The second-order valence-electron chi connectivity index (χ2n) is 3.32. The van der Waals surface area contributed by atoms with Crippen LogP contribution in [0.25, 0.3) is 0 Å². The lowest BCUT2D eigenvalue weighted by molar-refractivity contribution is 0.187. The highest BCUT2D eigenvalue weighted by Crippen LogP contribution is 2.18. The largest absolute Gasteiger partial charge is 0.453 e. The van der Waals surface area contributed by atoms with Gasteiger partial charge in [-0.25, -0.2) is 4.79 Å². The lowest BCUT2D eigenvalue weighted by Crippen LogP contribution is -2.12. The number of carbonyl (C=O) groups excluding carboxylic acids is 1. The van der Waals surface area contributed by atoms with E-state index >= 15 is 0 Å². The third-order valence-corrected chi connectivity index (χ3v) is 2.38. The number of anilines is 1. The van der Waals surface area contributed by atoms with Gasteiger partial charge < -0.3 is 4.74 Å². The summed E-state index contributed by atoms with van der Waals surface area (Å²) in [6.07, 6.45) is 1.48. The van der Waals surface area contributed by atoms with Crippen molar-refractivity contribution >= 4 is 11.8 Å². The molecule has 1 aromatic rings. The van der Waals surface area contributed by atoms with E-state index in [4.69, 9.17) is 0 Å². The lowest BCUT2D eigenvalue weighted by atomic mass is 10.0. The van der Waals surface area contributed by atoms with Crippen LogP contribution in [-0.2, 0) is 17.6 Å². The lowest BCUT2D eigenvalue weighted by Gasteiger charge is -2.10. The zero-order valence-corrected chi connectivity index (χ0v) is 9.46. The maximum absolute atomic E-state index is 11.1.